The van der Waals surface area contributed by atoms with Crippen molar-refractivity contribution in [3.8, 4) is 5.75 Å². The number of carbonyl (C=O) groups is 2. The van der Waals surface area contributed by atoms with Crippen molar-refractivity contribution in [2.45, 2.75) is 19.1 Å². The molecule has 0 fully saturated rings. The van der Waals surface area contributed by atoms with Crippen molar-refractivity contribution in [2.24, 2.45) is 0 Å². The van der Waals surface area contributed by atoms with Gasteiger partial charge in [0, 0.05) is 26.8 Å². The van der Waals surface area contributed by atoms with Crippen LogP contribution in [0.5, 0.6) is 5.75 Å². The fourth-order valence-corrected chi connectivity index (χ4v) is 4.30. The van der Waals surface area contributed by atoms with Crippen LogP contribution < -0.4 is 10.1 Å². The Morgan fingerprint density at radius 2 is 1.54 bits per heavy atom. The lowest BCUT2D eigenvalue weighted by Crippen LogP contribution is -2.32. The van der Waals surface area contributed by atoms with E-state index >= 15 is 0 Å². The van der Waals surface area contributed by atoms with E-state index in [2.05, 4.69) is 34.0 Å². The Balaban J connectivity index is 1.44. The molecule has 0 amide bonds. The van der Waals surface area contributed by atoms with Crippen LogP contribution in [-0.2, 0) is 17.8 Å². The van der Waals surface area contributed by atoms with Crippen molar-refractivity contribution in [1.82, 2.24) is 0 Å². The first-order valence-corrected chi connectivity index (χ1v) is 12.2. The molecule has 0 aliphatic carbocycles. The Labute approximate surface area is 217 Å². The van der Waals surface area contributed by atoms with Crippen LogP contribution in [-0.4, -0.2) is 22.9 Å². The zero-order valence-corrected chi connectivity index (χ0v) is 21.0. The van der Waals surface area contributed by atoms with Crippen molar-refractivity contribution in [2.75, 3.05) is 5.32 Å². The van der Waals surface area contributed by atoms with Gasteiger partial charge < -0.3 is 15.2 Å². The highest BCUT2D eigenvalue weighted by molar-refractivity contribution is 14.1. The third-order valence-corrected chi connectivity index (χ3v) is 6.16. The van der Waals surface area contributed by atoms with E-state index in [0.29, 0.717) is 29.2 Å². The third-order valence-electron chi connectivity index (χ3n) is 5.49. The van der Waals surface area contributed by atoms with Gasteiger partial charge in [-0.2, -0.15) is 0 Å². The molecule has 0 unspecified atom stereocenters. The Hall–Kier alpha value is -3.65. The van der Waals surface area contributed by atoms with Gasteiger partial charge in [0.1, 0.15) is 18.4 Å². The lowest BCUT2D eigenvalue weighted by atomic mass is 10.00. The van der Waals surface area contributed by atoms with Gasteiger partial charge in [-0.1, -0.05) is 66.7 Å². The maximum Gasteiger partial charge on any atom is 0.326 e. The normalized spacial score (nSPS) is 11.5. The summed E-state index contributed by atoms with van der Waals surface area (Å²) in [6, 6.07) is 30.5. The van der Waals surface area contributed by atoms with Gasteiger partial charge in [0.2, 0.25) is 0 Å². The molecule has 4 aromatic carbocycles. The highest BCUT2D eigenvalue weighted by Gasteiger charge is 2.21. The second-order valence-electron chi connectivity index (χ2n) is 8.04. The number of carboxylic acid groups (broad SMARTS) is 1. The molecule has 0 radical (unpaired) electrons. The van der Waals surface area contributed by atoms with Crippen LogP contribution in [0.1, 0.15) is 27.0 Å². The van der Waals surface area contributed by atoms with Crippen LogP contribution in [0.3, 0.4) is 0 Å². The molecular formula is C29H24INO4. The summed E-state index contributed by atoms with van der Waals surface area (Å²) in [6.07, 6.45) is 0.250. The summed E-state index contributed by atoms with van der Waals surface area (Å²) in [5.74, 6) is -0.440. The van der Waals surface area contributed by atoms with E-state index in [0.717, 1.165) is 14.7 Å². The Bertz CT molecular complexity index is 1310. The molecule has 0 aliphatic heterocycles. The molecule has 0 spiro atoms. The average molecular weight is 577 g/mol. The Morgan fingerprint density at radius 1 is 0.829 bits per heavy atom. The molecule has 1 atom stereocenters. The average Bonchev–Trinajstić information content (AvgIpc) is 2.88. The molecule has 0 aliphatic rings. The number of ether oxygens (including phenoxy) is 1. The number of rotatable bonds is 10. The van der Waals surface area contributed by atoms with Crippen LogP contribution >= 0.6 is 22.6 Å². The third kappa shape index (κ3) is 6.70. The SMILES string of the molecule is O=C(c1ccccc1)c1ccccc1N[C@@H](Cc1ccc(OCc2cccc(I)c2)cc1)C(=O)O. The number of carboxylic acids is 1. The van der Waals surface area contributed by atoms with Crippen LogP contribution in [0.15, 0.2) is 103 Å². The predicted molar refractivity (Wildman–Crippen MR) is 145 cm³/mol. The molecule has 6 heteroatoms. The van der Waals surface area contributed by atoms with E-state index in [1.54, 1.807) is 48.5 Å². The second kappa shape index (κ2) is 11.7. The minimum atomic E-state index is -0.994. The van der Waals surface area contributed by atoms with Crippen molar-refractivity contribution >= 4 is 40.0 Å². The van der Waals surface area contributed by atoms with E-state index in [1.807, 2.05) is 48.5 Å². The predicted octanol–water partition coefficient (Wildman–Crippen LogP) is 6.21. The maximum atomic E-state index is 13.0. The van der Waals surface area contributed by atoms with Crippen molar-refractivity contribution in [1.29, 1.82) is 0 Å². The van der Waals surface area contributed by atoms with Gasteiger partial charge in [0.15, 0.2) is 5.78 Å². The summed E-state index contributed by atoms with van der Waals surface area (Å²) in [6.45, 7) is 0.460. The van der Waals surface area contributed by atoms with Crippen LogP contribution in [0.25, 0.3) is 0 Å². The molecule has 0 saturated heterocycles. The van der Waals surface area contributed by atoms with Gasteiger partial charge in [-0.3, -0.25) is 4.79 Å². The van der Waals surface area contributed by atoms with Crippen LogP contribution in [0.4, 0.5) is 5.69 Å². The molecule has 4 aromatic rings. The van der Waals surface area contributed by atoms with Gasteiger partial charge in [0.25, 0.3) is 0 Å². The quantitative estimate of drug-likeness (QED) is 0.173. The number of anilines is 1. The standard InChI is InChI=1S/C29H24INO4/c30-23-10-6-7-21(17-23)19-35-24-15-13-20(14-16-24)18-27(29(33)34)31-26-12-5-4-11-25(26)28(32)22-8-2-1-3-9-22/h1-17,27,31H,18-19H2,(H,33,34)/t27-/m0/s1. The first-order chi connectivity index (χ1) is 17.0. The maximum absolute atomic E-state index is 13.0. The van der Waals surface area contributed by atoms with E-state index in [1.165, 1.54) is 0 Å². The number of hydrogen-bond acceptors (Lipinski definition) is 4. The monoisotopic (exact) mass is 577 g/mol. The Kier molecular flexibility index (Phi) is 8.15. The van der Waals surface area contributed by atoms with Crippen molar-refractivity contribution in [3.63, 3.8) is 0 Å². The van der Waals surface area contributed by atoms with E-state index < -0.39 is 12.0 Å². The zero-order valence-electron chi connectivity index (χ0n) is 18.9. The largest absolute Gasteiger partial charge is 0.489 e. The first-order valence-electron chi connectivity index (χ1n) is 11.1. The van der Waals surface area contributed by atoms with Crippen LogP contribution in [0.2, 0.25) is 0 Å². The molecule has 4 rings (SSSR count). The molecule has 0 aromatic heterocycles. The zero-order chi connectivity index (χ0) is 24.6. The molecule has 2 N–H and O–H groups in total. The molecular weight excluding hydrogens is 553 g/mol. The summed E-state index contributed by atoms with van der Waals surface area (Å²) < 4.78 is 7.01. The number of carbonyl (C=O) groups excluding carboxylic acids is 1. The molecule has 35 heavy (non-hydrogen) atoms. The lowest BCUT2D eigenvalue weighted by Gasteiger charge is -2.18. The summed E-state index contributed by atoms with van der Waals surface area (Å²) in [5, 5.41) is 12.9. The number of halogens is 1. The first kappa shape index (κ1) is 24.5. The second-order valence-corrected chi connectivity index (χ2v) is 9.29. The summed E-state index contributed by atoms with van der Waals surface area (Å²) in [4.78, 5) is 25.0. The number of para-hydroxylation sites is 1. The number of nitrogens with one attached hydrogen (secondary N) is 1. The molecule has 0 bridgehead atoms. The number of benzene rings is 4. The summed E-state index contributed by atoms with van der Waals surface area (Å²) in [7, 11) is 0. The molecule has 176 valence electrons. The van der Waals surface area contributed by atoms with Gasteiger partial charge in [0.05, 0.1) is 0 Å². The van der Waals surface area contributed by atoms with Gasteiger partial charge in [-0.05, 0) is 70.1 Å². The van der Waals surface area contributed by atoms with Gasteiger partial charge in [-0.15, -0.1) is 0 Å². The minimum absolute atomic E-state index is 0.160. The van der Waals surface area contributed by atoms with Gasteiger partial charge >= 0.3 is 5.97 Å². The number of ketones is 1. The number of hydrogen-bond donors (Lipinski definition) is 2. The fourth-order valence-electron chi connectivity index (χ4n) is 3.69. The summed E-state index contributed by atoms with van der Waals surface area (Å²) >= 11 is 2.27. The molecule has 5 nitrogen and oxygen atoms in total. The lowest BCUT2D eigenvalue weighted by molar-refractivity contribution is -0.137. The Morgan fingerprint density at radius 3 is 2.26 bits per heavy atom. The van der Waals surface area contributed by atoms with Gasteiger partial charge in [-0.25, -0.2) is 4.79 Å². The van der Waals surface area contributed by atoms with Crippen molar-refractivity contribution < 1.29 is 19.4 Å². The fraction of sp³-hybridized carbons (Fsp3) is 0.103. The smallest absolute Gasteiger partial charge is 0.326 e. The number of aliphatic carboxylic acids is 1. The van der Waals surface area contributed by atoms with Crippen molar-refractivity contribution in [3.05, 3.63) is 129 Å². The van der Waals surface area contributed by atoms with E-state index in [-0.39, 0.29) is 12.2 Å². The van der Waals surface area contributed by atoms with Crippen LogP contribution in [0, 0.1) is 3.57 Å². The molecule has 0 heterocycles. The molecule has 0 saturated carbocycles. The summed E-state index contributed by atoms with van der Waals surface area (Å²) in [5.41, 5.74) is 3.41. The highest BCUT2D eigenvalue weighted by Crippen LogP contribution is 2.22. The highest BCUT2D eigenvalue weighted by atomic mass is 127. The topological polar surface area (TPSA) is 75.6 Å². The minimum Gasteiger partial charge on any atom is -0.489 e. The van der Waals surface area contributed by atoms with E-state index in [9.17, 15) is 14.7 Å². The van der Waals surface area contributed by atoms with E-state index in [4.69, 9.17) is 4.74 Å².